The second-order valence-electron chi connectivity index (χ2n) is 3.99. The summed E-state index contributed by atoms with van der Waals surface area (Å²) in [5.41, 5.74) is 2.72. The first-order valence-electron chi connectivity index (χ1n) is 5.42. The number of ether oxygens (including phenoxy) is 1. The summed E-state index contributed by atoms with van der Waals surface area (Å²) < 4.78 is 6.17. The largest absolute Gasteiger partial charge is 0.383 e. The molecule has 4 heteroatoms. The first-order chi connectivity index (χ1) is 7.72. The van der Waals surface area contributed by atoms with Crippen molar-refractivity contribution in [3.63, 3.8) is 0 Å². The van der Waals surface area contributed by atoms with Crippen molar-refractivity contribution in [2.75, 3.05) is 20.3 Å². The number of fused-ring (bicyclic) bond motifs is 1. The van der Waals surface area contributed by atoms with E-state index in [1.54, 1.807) is 7.11 Å². The van der Waals surface area contributed by atoms with Gasteiger partial charge in [-0.25, -0.2) is 0 Å². The molecule has 0 bridgehead atoms. The van der Waals surface area contributed by atoms with E-state index in [1.807, 2.05) is 6.07 Å². The summed E-state index contributed by atoms with van der Waals surface area (Å²) in [5, 5.41) is 4.29. The average molecular weight is 305 g/mol. The Morgan fingerprint density at radius 3 is 3.12 bits per heavy atom. The average Bonchev–Trinajstić information content (AvgIpc) is 2.62. The first-order valence-corrected chi connectivity index (χ1v) is 6.59. The molecule has 0 heterocycles. The fourth-order valence-corrected chi connectivity index (χ4v) is 3.22. The molecule has 1 aromatic rings. The van der Waals surface area contributed by atoms with Crippen LogP contribution in [0.1, 0.15) is 23.6 Å². The van der Waals surface area contributed by atoms with Crippen LogP contribution in [0, 0.1) is 0 Å². The minimum absolute atomic E-state index is 0.417. The number of methoxy groups -OCH3 is 1. The third kappa shape index (κ3) is 2.59. The Morgan fingerprint density at radius 1 is 1.56 bits per heavy atom. The molecule has 16 heavy (non-hydrogen) atoms. The predicted molar refractivity (Wildman–Crippen MR) is 70.1 cm³/mol. The summed E-state index contributed by atoms with van der Waals surface area (Å²) in [6.45, 7) is 1.62. The van der Waals surface area contributed by atoms with Crippen LogP contribution in [0.3, 0.4) is 0 Å². The van der Waals surface area contributed by atoms with Crippen LogP contribution in [-0.4, -0.2) is 20.3 Å². The van der Waals surface area contributed by atoms with E-state index in [9.17, 15) is 0 Å². The Hall–Kier alpha value is -0.0900. The summed E-state index contributed by atoms with van der Waals surface area (Å²) in [6, 6.07) is 4.46. The highest BCUT2D eigenvalue weighted by Crippen LogP contribution is 2.37. The fourth-order valence-electron chi connectivity index (χ4n) is 2.19. The van der Waals surface area contributed by atoms with E-state index in [0.29, 0.717) is 6.04 Å². The summed E-state index contributed by atoms with van der Waals surface area (Å²) in [6.07, 6.45) is 2.25. The molecule has 0 saturated carbocycles. The zero-order valence-corrected chi connectivity index (χ0v) is 11.6. The summed E-state index contributed by atoms with van der Waals surface area (Å²) in [4.78, 5) is 0. The van der Waals surface area contributed by atoms with Crippen molar-refractivity contribution in [1.82, 2.24) is 5.32 Å². The summed E-state index contributed by atoms with van der Waals surface area (Å²) in [7, 11) is 1.72. The number of benzene rings is 1. The molecule has 88 valence electrons. The van der Waals surface area contributed by atoms with Crippen molar-refractivity contribution in [1.29, 1.82) is 0 Å². The topological polar surface area (TPSA) is 21.3 Å². The van der Waals surface area contributed by atoms with Crippen molar-refractivity contribution in [2.45, 2.75) is 18.9 Å². The molecule has 0 amide bonds. The minimum Gasteiger partial charge on any atom is -0.383 e. The number of hydrogen-bond donors (Lipinski definition) is 1. The molecule has 2 rings (SSSR count). The van der Waals surface area contributed by atoms with Crippen LogP contribution in [0.15, 0.2) is 16.6 Å². The third-order valence-corrected chi connectivity index (χ3v) is 3.88. The Kier molecular flexibility index (Phi) is 4.25. The maximum atomic E-state index is 6.07. The first kappa shape index (κ1) is 12.4. The number of hydrogen-bond acceptors (Lipinski definition) is 2. The molecule has 1 aliphatic carbocycles. The van der Waals surface area contributed by atoms with Gasteiger partial charge in [-0.15, -0.1) is 0 Å². The zero-order valence-electron chi connectivity index (χ0n) is 9.22. The lowest BCUT2D eigenvalue weighted by atomic mass is 10.1. The molecule has 0 aromatic heterocycles. The Labute approximate surface area is 109 Å². The lowest BCUT2D eigenvalue weighted by molar-refractivity contribution is 0.195. The quantitative estimate of drug-likeness (QED) is 0.862. The van der Waals surface area contributed by atoms with Gasteiger partial charge in [-0.3, -0.25) is 0 Å². The van der Waals surface area contributed by atoms with Gasteiger partial charge in [-0.05, 0) is 36.1 Å². The molecule has 1 unspecified atom stereocenters. The molecule has 0 radical (unpaired) electrons. The van der Waals surface area contributed by atoms with Crippen LogP contribution < -0.4 is 5.32 Å². The smallest absolute Gasteiger partial charge is 0.0587 e. The highest BCUT2D eigenvalue weighted by Gasteiger charge is 2.24. The summed E-state index contributed by atoms with van der Waals surface area (Å²) in [5.74, 6) is 0. The second kappa shape index (κ2) is 5.50. The van der Waals surface area contributed by atoms with Crippen LogP contribution in [0.5, 0.6) is 0 Å². The van der Waals surface area contributed by atoms with E-state index in [2.05, 4.69) is 27.3 Å². The maximum absolute atomic E-state index is 6.07. The van der Waals surface area contributed by atoms with Crippen molar-refractivity contribution in [3.8, 4) is 0 Å². The van der Waals surface area contributed by atoms with Gasteiger partial charge in [0.05, 0.1) is 6.61 Å². The molecule has 0 aliphatic heterocycles. The normalized spacial score (nSPS) is 18.8. The minimum atomic E-state index is 0.417. The molecule has 1 aromatic carbocycles. The van der Waals surface area contributed by atoms with E-state index < -0.39 is 0 Å². The molecule has 1 N–H and O–H groups in total. The van der Waals surface area contributed by atoms with E-state index in [0.717, 1.165) is 35.5 Å². The molecule has 1 atom stereocenters. The van der Waals surface area contributed by atoms with Gasteiger partial charge in [0.1, 0.15) is 0 Å². The van der Waals surface area contributed by atoms with Gasteiger partial charge in [-0.1, -0.05) is 27.5 Å². The van der Waals surface area contributed by atoms with E-state index in [-0.39, 0.29) is 0 Å². The second-order valence-corrected chi connectivity index (χ2v) is 5.28. The van der Waals surface area contributed by atoms with Crippen molar-refractivity contribution in [2.24, 2.45) is 0 Å². The van der Waals surface area contributed by atoms with Crippen LogP contribution in [0.2, 0.25) is 5.02 Å². The van der Waals surface area contributed by atoms with Crippen LogP contribution in [0.4, 0.5) is 0 Å². The number of rotatable bonds is 4. The summed E-state index contributed by atoms with van der Waals surface area (Å²) >= 11 is 9.64. The Balaban J connectivity index is 2.12. The lowest BCUT2D eigenvalue weighted by Crippen LogP contribution is -2.23. The zero-order chi connectivity index (χ0) is 11.5. The van der Waals surface area contributed by atoms with Crippen molar-refractivity contribution >= 4 is 27.5 Å². The number of halogens is 2. The SMILES string of the molecule is COCCNC1CCc2c(Br)cc(Cl)cc21. The Morgan fingerprint density at radius 2 is 2.38 bits per heavy atom. The third-order valence-electron chi connectivity index (χ3n) is 2.95. The van der Waals surface area contributed by atoms with Crippen LogP contribution in [-0.2, 0) is 11.2 Å². The highest BCUT2D eigenvalue weighted by molar-refractivity contribution is 9.10. The number of nitrogens with one attached hydrogen (secondary N) is 1. The predicted octanol–water partition coefficient (Wildman–Crippen LogP) is 3.33. The highest BCUT2D eigenvalue weighted by atomic mass is 79.9. The van der Waals surface area contributed by atoms with Gasteiger partial charge >= 0.3 is 0 Å². The van der Waals surface area contributed by atoms with Crippen LogP contribution in [0.25, 0.3) is 0 Å². The van der Waals surface area contributed by atoms with Gasteiger partial charge in [-0.2, -0.15) is 0 Å². The van der Waals surface area contributed by atoms with Crippen molar-refractivity contribution < 1.29 is 4.74 Å². The molecule has 1 aliphatic rings. The van der Waals surface area contributed by atoms with E-state index in [4.69, 9.17) is 16.3 Å². The molecule has 0 spiro atoms. The molecule has 0 fully saturated rings. The molecule has 2 nitrogen and oxygen atoms in total. The van der Waals surface area contributed by atoms with Crippen molar-refractivity contribution in [3.05, 3.63) is 32.8 Å². The van der Waals surface area contributed by atoms with Gasteiger partial charge in [0.2, 0.25) is 0 Å². The monoisotopic (exact) mass is 303 g/mol. The van der Waals surface area contributed by atoms with Gasteiger partial charge in [0, 0.05) is 29.2 Å². The van der Waals surface area contributed by atoms with Gasteiger partial charge in [0.15, 0.2) is 0 Å². The van der Waals surface area contributed by atoms with Crippen LogP contribution >= 0.6 is 27.5 Å². The molecular formula is C12H15BrClNO. The lowest BCUT2D eigenvalue weighted by Gasteiger charge is -2.14. The molecular weight excluding hydrogens is 289 g/mol. The van der Waals surface area contributed by atoms with Gasteiger partial charge < -0.3 is 10.1 Å². The maximum Gasteiger partial charge on any atom is 0.0587 e. The molecule has 0 saturated heterocycles. The fraction of sp³-hybridized carbons (Fsp3) is 0.500. The van der Waals surface area contributed by atoms with Gasteiger partial charge in [0.25, 0.3) is 0 Å². The van der Waals surface area contributed by atoms with E-state index >= 15 is 0 Å². The standard InChI is InChI=1S/C12H15BrClNO/c1-16-5-4-15-12-3-2-9-10(12)6-8(14)7-11(9)13/h6-7,12,15H,2-5H2,1H3. The Bertz CT molecular complexity index is 384. The van der Waals surface area contributed by atoms with E-state index in [1.165, 1.54) is 11.1 Å².